The largest absolute Gasteiger partial charge is 0.472 e. The zero-order chi connectivity index (χ0) is 39.8. The molecule has 0 bridgehead atoms. The first kappa shape index (κ1) is 51.9. The Labute approximate surface area is 329 Å². The Morgan fingerprint density at radius 1 is 0.648 bits per heavy atom. The maximum absolute atomic E-state index is 12.5. The smallest absolute Gasteiger partial charge is 0.462 e. The fraction of sp³-hybridized carbons (Fsp3) is 0.767. The number of hydrogen-bond acceptors (Lipinski definition) is 9. The van der Waals surface area contributed by atoms with Crippen LogP contribution in [0.1, 0.15) is 174 Å². The van der Waals surface area contributed by atoms with E-state index in [2.05, 4.69) is 19.9 Å². The minimum absolute atomic E-state index is 0.0343. The van der Waals surface area contributed by atoms with Crippen LogP contribution in [0, 0.1) is 0 Å². The summed E-state index contributed by atoms with van der Waals surface area (Å²) < 4.78 is 32.6. The van der Waals surface area contributed by atoms with E-state index in [0.29, 0.717) is 19.3 Å². The van der Waals surface area contributed by atoms with Crippen LogP contribution in [0.3, 0.4) is 0 Å². The van der Waals surface area contributed by atoms with Crippen molar-refractivity contribution < 1.29 is 42.7 Å². The SMILES string of the molecule is CCCCC/C=C\C[C@H](O)/C=C/C=C\C/C=C\CCCC(=O)OC(COC(=O)CCCCCCCCCCCCCCCCC)COP(=O)(O)OCCN. The molecule has 4 N–H and O–H groups in total. The molecule has 2 unspecified atom stereocenters. The molecular formula is C43H78NO9P. The van der Waals surface area contributed by atoms with E-state index >= 15 is 0 Å². The van der Waals surface area contributed by atoms with Crippen molar-refractivity contribution in [3.8, 4) is 0 Å². The number of nitrogens with two attached hydrogens (primary N) is 1. The van der Waals surface area contributed by atoms with E-state index in [9.17, 15) is 24.2 Å². The molecule has 10 nitrogen and oxygen atoms in total. The first-order valence-corrected chi connectivity index (χ1v) is 22.7. The lowest BCUT2D eigenvalue weighted by Crippen LogP contribution is -2.29. The molecule has 0 aliphatic heterocycles. The lowest BCUT2D eigenvalue weighted by atomic mass is 10.0. The van der Waals surface area contributed by atoms with Crippen LogP contribution in [0.25, 0.3) is 0 Å². The number of esters is 2. The van der Waals surface area contributed by atoms with Crippen molar-refractivity contribution in [3.63, 3.8) is 0 Å². The molecule has 0 rings (SSSR count). The van der Waals surface area contributed by atoms with Gasteiger partial charge in [-0.1, -0.05) is 165 Å². The minimum atomic E-state index is -4.40. The predicted molar refractivity (Wildman–Crippen MR) is 221 cm³/mol. The van der Waals surface area contributed by atoms with Crippen LogP contribution in [0.5, 0.6) is 0 Å². The van der Waals surface area contributed by atoms with Crippen LogP contribution in [0.2, 0.25) is 0 Å². The number of rotatable bonds is 39. The van der Waals surface area contributed by atoms with Crippen molar-refractivity contribution in [2.45, 2.75) is 187 Å². The predicted octanol–water partition coefficient (Wildman–Crippen LogP) is 10.9. The summed E-state index contributed by atoms with van der Waals surface area (Å²) in [6, 6.07) is 0. The van der Waals surface area contributed by atoms with Crippen LogP contribution in [0.4, 0.5) is 0 Å². The topological polar surface area (TPSA) is 155 Å². The lowest BCUT2D eigenvalue weighted by Gasteiger charge is -2.19. The number of carbonyl (C=O) groups excluding carboxylic acids is 2. The van der Waals surface area contributed by atoms with E-state index in [1.165, 1.54) is 96.3 Å². The molecule has 0 aliphatic carbocycles. The van der Waals surface area contributed by atoms with Crippen molar-refractivity contribution in [3.05, 3.63) is 48.6 Å². The van der Waals surface area contributed by atoms with Gasteiger partial charge in [0.25, 0.3) is 0 Å². The van der Waals surface area contributed by atoms with Gasteiger partial charge in [-0.25, -0.2) is 4.57 Å². The Morgan fingerprint density at radius 2 is 1.20 bits per heavy atom. The van der Waals surface area contributed by atoms with E-state index in [-0.39, 0.29) is 32.6 Å². The maximum Gasteiger partial charge on any atom is 0.472 e. The van der Waals surface area contributed by atoms with Crippen LogP contribution < -0.4 is 5.73 Å². The van der Waals surface area contributed by atoms with E-state index in [0.717, 1.165) is 32.1 Å². The molecule has 0 saturated heterocycles. The van der Waals surface area contributed by atoms with Gasteiger partial charge in [0.05, 0.1) is 19.3 Å². The molecule has 0 spiro atoms. The van der Waals surface area contributed by atoms with Gasteiger partial charge in [0.15, 0.2) is 6.10 Å². The molecule has 0 radical (unpaired) electrons. The number of unbranched alkanes of at least 4 members (excludes halogenated alkanes) is 18. The molecule has 0 aromatic carbocycles. The van der Waals surface area contributed by atoms with Crippen molar-refractivity contribution in [2.75, 3.05) is 26.4 Å². The second-order valence-electron chi connectivity index (χ2n) is 14.1. The molecule has 0 aromatic heterocycles. The molecule has 0 fully saturated rings. The summed E-state index contributed by atoms with van der Waals surface area (Å²) in [6.07, 6.45) is 40.3. The molecular weight excluding hydrogens is 705 g/mol. The van der Waals surface area contributed by atoms with E-state index in [1.54, 1.807) is 6.08 Å². The zero-order valence-corrected chi connectivity index (χ0v) is 35.0. The van der Waals surface area contributed by atoms with E-state index < -0.39 is 38.6 Å². The molecule has 11 heteroatoms. The van der Waals surface area contributed by atoms with Gasteiger partial charge < -0.3 is 25.2 Å². The molecule has 0 saturated carbocycles. The number of aliphatic hydroxyl groups excluding tert-OH is 1. The highest BCUT2D eigenvalue weighted by Crippen LogP contribution is 2.43. The molecule has 3 atom stereocenters. The van der Waals surface area contributed by atoms with Crippen LogP contribution in [0.15, 0.2) is 48.6 Å². The highest BCUT2D eigenvalue weighted by atomic mass is 31.2. The number of allylic oxidation sites excluding steroid dienone is 6. The Kier molecular flexibility index (Phi) is 37.7. The second kappa shape index (κ2) is 39.2. The number of ether oxygens (including phenoxy) is 2. The summed E-state index contributed by atoms with van der Waals surface area (Å²) in [5.41, 5.74) is 5.33. The average molecular weight is 784 g/mol. The highest BCUT2D eigenvalue weighted by molar-refractivity contribution is 7.47. The van der Waals surface area contributed by atoms with Crippen LogP contribution in [-0.4, -0.2) is 60.5 Å². The molecule has 0 heterocycles. The Balaban J connectivity index is 4.33. The van der Waals surface area contributed by atoms with Gasteiger partial charge in [-0.05, 0) is 44.9 Å². The number of aliphatic hydroxyl groups is 1. The van der Waals surface area contributed by atoms with Gasteiger partial charge in [-0.15, -0.1) is 0 Å². The highest BCUT2D eigenvalue weighted by Gasteiger charge is 2.25. The van der Waals surface area contributed by atoms with Gasteiger partial charge in [0, 0.05) is 19.4 Å². The third kappa shape index (κ3) is 38.2. The summed E-state index contributed by atoms with van der Waals surface area (Å²) in [5, 5.41) is 10.0. The maximum atomic E-state index is 12.5. The summed E-state index contributed by atoms with van der Waals surface area (Å²) in [4.78, 5) is 34.8. The third-order valence-electron chi connectivity index (χ3n) is 8.80. The van der Waals surface area contributed by atoms with Crippen molar-refractivity contribution >= 4 is 19.8 Å². The number of phosphoric acid groups is 1. The summed E-state index contributed by atoms with van der Waals surface area (Å²) >= 11 is 0. The number of phosphoric ester groups is 1. The Bertz CT molecular complexity index is 1050. The van der Waals surface area contributed by atoms with Crippen molar-refractivity contribution in [1.82, 2.24) is 0 Å². The van der Waals surface area contributed by atoms with Crippen molar-refractivity contribution in [1.29, 1.82) is 0 Å². The summed E-state index contributed by atoms with van der Waals surface area (Å²) in [7, 11) is -4.40. The standard InChI is InChI=1S/C43H78NO9P/c1-3-5-7-9-11-12-13-14-15-16-17-18-22-26-30-34-42(46)50-38-41(39-52-54(48,49)51-37-36-44)53-43(47)35-31-27-23-20-19-21-25-29-33-40(45)32-28-24-10-8-6-4-2/h20-21,23-25,28-29,33,40-41,45H,3-19,22,26-27,30-32,34-39,44H2,1-2H3,(H,48,49)/b23-20-,25-21-,28-24-,33-29+/t40-,41?/m0/s1. The van der Waals surface area contributed by atoms with Gasteiger partial charge in [-0.2, -0.15) is 0 Å². The van der Waals surface area contributed by atoms with E-state index in [1.807, 2.05) is 36.5 Å². The molecule has 54 heavy (non-hydrogen) atoms. The fourth-order valence-electron chi connectivity index (χ4n) is 5.59. The Hall–Kier alpha value is -2.07. The first-order valence-electron chi connectivity index (χ1n) is 21.2. The van der Waals surface area contributed by atoms with Gasteiger partial charge >= 0.3 is 19.8 Å². The van der Waals surface area contributed by atoms with Gasteiger partial charge in [0.2, 0.25) is 0 Å². The van der Waals surface area contributed by atoms with E-state index in [4.69, 9.17) is 24.3 Å². The lowest BCUT2D eigenvalue weighted by molar-refractivity contribution is -0.161. The fourth-order valence-corrected chi connectivity index (χ4v) is 6.36. The number of hydrogen-bond donors (Lipinski definition) is 3. The number of carbonyl (C=O) groups is 2. The summed E-state index contributed by atoms with van der Waals surface area (Å²) in [6.45, 7) is 3.55. The van der Waals surface area contributed by atoms with Crippen LogP contribution >= 0.6 is 7.82 Å². The summed E-state index contributed by atoms with van der Waals surface area (Å²) in [5.74, 6) is -0.931. The van der Waals surface area contributed by atoms with Crippen molar-refractivity contribution in [2.24, 2.45) is 5.73 Å². The van der Waals surface area contributed by atoms with Crippen LogP contribution in [-0.2, 0) is 32.7 Å². The quantitative estimate of drug-likeness (QED) is 0.0180. The molecule has 314 valence electrons. The normalized spacial score (nSPS) is 14.4. The average Bonchev–Trinajstić information content (AvgIpc) is 3.15. The Morgan fingerprint density at radius 3 is 1.83 bits per heavy atom. The molecule has 0 amide bonds. The molecule has 0 aliphatic rings. The zero-order valence-electron chi connectivity index (χ0n) is 34.1. The minimum Gasteiger partial charge on any atom is -0.462 e. The second-order valence-corrected chi connectivity index (χ2v) is 15.5. The monoisotopic (exact) mass is 784 g/mol. The van der Waals surface area contributed by atoms with Gasteiger partial charge in [-0.3, -0.25) is 18.6 Å². The molecule has 0 aromatic rings. The first-order chi connectivity index (χ1) is 26.2. The third-order valence-corrected chi connectivity index (χ3v) is 9.78. The van der Waals surface area contributed by atoms with Gasteiger partial charge in [0.1, 0.15) is 6.61 Å².